The Kier molecular flexibility index (Phi) is 6.70. The molecule has 0 N–H and O–H groups in total. The van der Waals surface area contributed by atoms with Gasteiger partial charge >= 0.3 is 6.09 Å². The van der Waals surface area contributed by atoms with Gasteiger partial charge in [0, 0.05) is 20.3 Å². The molecule has 0 radical (unpaired) electrons. The Morgan fingerprint density at radius 2 is 1.71 bits per heavy atom. The van der Waals surface area contributed by atoms with Crippen LogP contribution in [0.3, 0.4) is 0 Å². The average molecular weight is 504 g/mol. The minimum Gasteiger partial charge on any atom is -0.486 e. The lowest BCUT2D eigenvalue weighted by Gasteiger charge is -2.52. The molecule has 2 saturated heterocycles. The number of hydrogen-bond donors (Lipinski definition) is 0. The molecule has 3 aliphatic rings. The van der Waals surface area contributed by atoms with Crippen LogP contribution in [0.1, 0.15) is 13.8 Å². The quantitative estimate of drug-likeness (QED) is 0.499. The standard InChI is InChI=1S/C21H29NO11S/c1-20(26-3)21(2,27-4)33-18(17(32-20)12-30-34(5,24)25)16-11-22(19(23)31-16)13-6-7-14-15(10-13)29-9-8-28-14/h6-7,10,16-18H,8-9,11-12H2,1-5H3/t16-,17-,18-,20+,21+/m0/s1. The molecule has 0 aliphatic carbocycles. The molecule has 3 aliphatic heterocycles. The summed E-state index contributed by atoms with van der Waals surface area (Å²) in [6, 6.07) is 5.14. The molecule has 5 atom stereocenters. The largest absolute Gasteiger partial charge is 0.486 e. The first-order chi connectivity index (χ1) is 16.0. The van der Waals surface area contributed by atoms with Gasteiger partial charge in [-0.15, -0.1) is 0 Å². The summed E-state index contributed by atoms with van der Waals surface area (Å²) < 4.78 is 68.4. The topological polar surface area (TPSA) is 128 Å². The highest BCUT2D eigenvalue weighted by atomic mass is 32.2. The van der Waals surface area contributed by atoms with Crippen LogP contribution in [0.4, 0.5) is 10.5 Å². The lowest BCUT2D eigenvalue weighted by Crippen LogP contribution is -2.68. The predicted octanol–water partition coefficient (Wildman–Crippen LogP) is 1.27. The number of methoxy groups -OCH3 is 2. The Morgan fingerprint density at radius 1 is 1.06 bits per heavy atom. The molecule has 1 amide bonds. The van der Waals surface area contributed by atoms with E-state index >= 15 is 0 Å². The highest BCUT2D eigenvalue weighted by Gasteiger charge is 2.59. The van der Waals surface area contributed by atoms with Gasteiger partial charge in [-0.1, -0.05) is 0 Å². The number of carbonyl (C=O) groups excluding carboxylic acids is 1. The summed E-state index contributed by atoms with van der Waals surface area (Å²) in [5, 5.41) is 0. The zero-order valence-corrected chi connectivity index (χ0v) is 20.5. The summed E-state index contributed by atoms with van der Waals surface area (Å²) in [6.45, 7) is 3.81. The van der Waals surface area contributed by atoms with Crippen molar-refractivity contribution in [3.8, 4) is 11.5 Å². The third-order valence-electron chi connectivity index (χ3n) is 6.19. The Bertz CT molecular complexity index is 1030. The summed E-state index contributed by atoms with van der Waals surface area (Å²) in [4.78, 5) is 14.2. The van der Waals surface area contributed by atoms with Crippen LogP contribution in [0.15, 0.2) is 18.2 Å². The Hall–Kier alpha value is -2.16. The maximum absolute atomic E-state index is 12.8. The molecule has 0 spiro atoms. The number of ether oxygens (including phenoxy) is 7. The van der Waals surface area contributed by atoms with Gasteiger partial charge in [0.25, 0.3) is 10.1 Å². The molecule has 0 aromatic heterocycles. The van der Waals surface area contributed by atoms with Gasteiger partial charge in [0.1, 0.15) is 25.4 Å². The van der Waals surface area contributed by atoms with Gasteiger partial charge in [-0.3, -0.25) is 9.08 Å². The molecule has 2 fully saturated rings. The van der Waals surface area contributed by atoms with E-state index in [0.29, 0.717) is 30.4 Å². The number of hydrogen-bond acceptors (Lipinski definition) is 11. The van der Waals surface area contributed by atoms with E-state index in [2.05, 4.69) is 0 Å². The first-order valence-electron chi connectivity index (χ1n) is 10.7. The fraction of sp³-hybridized carbons (Fsp3) is 0.667. The summed E-state index contributed by atoms with van der Waals surface area (Å²) in [6.07, 6.45) is -2.39. The van der Waals surface area contributed by atoms with Gasteiger partial charge in [-0.05, 0) is 26.0 Å². The van der Waals surface area contributed by atoms with E-state index in [1.165, 1.54) is 19.1 Å². The van der Waals surface area contributed by atoms with Crippen molar-refractivity contribution in [3.63, 3.8) is 0 Å². The van der Waals surface area contributed by atoms with E-state index in [9.17, 15) is 13.2 Å². The van der Waals surface area contributed by atoms with Crippen LogP contribution in [0.5, 0.6) is 11.5 Å². The SMILES string of the molecule is CO[C@]1(C)O[C@@H]([C@@H]2CN(c3ccc4c(c3)OCCO4)C(=O)O2)[C@H](COS(C)(=O)=O)O[C@@]1(C)OC. The number of fused-ring (bicyclic) bond motifs is 1. The fourth-order valence-corrected chi connectivity index (χ4v) is 4.46. The second kappa shape index (κ2) is 9.13. The highest BCUT2D eigenvalue weighted by molar-refractivity contribution is 7.85. The molecule has 1 aromatic rings. The third kappa shape index (κ3) is 4.68. The van der Waals surface area contributed by atoms with E-state index in [1.54, 1.807) is 32.0 Å². The molecule has 0 bridgehead atoms. The Labute approximate surface area is 198 Å². The van der Waals surface area contributed by atoms with Crippen molar-refractivity contribution in [1.29, 1.82) is 0 Å². The molecular formula is C21H29NO11S. The van der Waals surface area contributed by atoms with Crippen molar-refractivity contribution in [3.05, 3.63) is 18.2 Å². The van der Waals surface area contributed by atoms with Crippen LogP contribution in [0.2, 0.25) is 0 Å². The van der Waals surface area contributed by atoms with Crippen LogP contribution in [-0.4, -0.2) is 91.2 Å². The van der Waals surface area contributed by atoms with Gasteiger partial charge in [0.15, 0.2) is 17.6 Å². The van der Waals surface area contributed by atoms with Gasteiger partial charge in [-0.2, -0.15) is 8.42 Å². The van der Waals surface area contributed by atoms with Crippen LogP contribution < -0.4 is 14.4 Å². The van der Waals surface area contributed by atoms with Crippen molar-refractivity contribution in [2.75, 3.05) is 51.7 Å². The zero-order chi connectivity index (χ0) is 24.7. The van der Waals surface area contributed by atoms with Gasteiger partial charge < -0.3 is 33.2 Å². The Morgan fingerprint density at radius 3 is 2.35 bits per heavy atom. The van der Waals surface area contributed by atoms with Crippen LogP contribution >= 0.6 is 0 Å². The minimum absolute atomic E-state index is 0.103. The molecule has 34 heavy (non-hydrogen) atoms. The van der Waals surface area contributed by atoms with Gasteiger partial charge in [0.05, 0.1) is 25.1 Å². The molecule has 1 aromatic carbocycles. The summed E-state index contributed by atoms with van der Waals surface area (Å²) in [5.74, 6) is -1.68. The lowest BCUT2D eigenvalue weighted by molar-refractivity contribution is -0.453. The van der Waals surface area contributed by atoms with Crippen LogP contribution in [-0.2, 0) is 38.0 Å². The van der Waals surface area contributed by atoms with E-state index < -0.39 is 46.1 Å². The van der Waals surface area contributed by atoms with Crippen molar-refractivity contribution in [2.45, 2.75) is 43.7 Å². The van der Waals surface area contributed by atoms with Crippen molar-refractivity contribution >= 4 is 21.9 Å². The summed E-state index contributed by atoms with van der Waals surface area (Å²) in [5.41, 5.74) is 0.550. The maximum Gasteiger partial charge on any atom is 0.414 e. The second-order valence-corrected chi connectivity index (χ2v) is 10.0. The van der Waals surface area contributed by atoms with Crippen molar-refractivity contribution < 1.29 is 50.6 Å². The van der Waals surface area contributed by atoms with Gasteiger partial charge in [0.2, 0.25) is 11.6 Å². The van der Waals surface area contributed by atoms with E-state index in [4.69, 9.17) is 37.3 Å². The normalized spacial score (nSPS) is 33.6. The smallest absolute Gasteiger partial charge is 0.414 e. The minimum atomic E-state index is -3.77. The molecule has 12 nitrogen and oxygen atoms in total. The number of amides is 1. The molecule has 13 heteroatoms. The van der Waals surface area contributed by atoms with E-state index in [-0.39, 0.29) is 13.2 Å². The molecule has 190 valence electrons. The Balaban J connectivity index is 1.59. The van der Waals surface area contributed by atoms with Crippen molar-refractivity contribution in [1.82, 2.24) is 0 Å². The number of rotatable bonds is 7. The molecule has 0 saturated carbocycles. The first-order valence-corrected chi connectivity index (χ1v) is 12.5. The average Bonchev–Trinajstić information content (AvgIpc) is 3.20. The third-order valence-corrected chi connectivity index (χ3v) is 6.76. The number of benzene rings is 1. The van der Waals surface area contributed by atoms with E-state index in [0.717, 1.165) is 6.26 Å². The number of cyclic esters (lactones) is 1. The van der Waals surface area contributed by atoms with Gasteiger partial charge in [-0.25, -0.2) is 4.79 Å². The van der Waals surface area contributed by atoms with Crippen molar-refractivity contribution in [2.24, 2.45) is 0 Å². The monoisotopic (exact) mass is 503 g/mol. The second-order valence-electron chi connectivity index (χ2n) is 8.39. The number of carbonyl (C=O) groups is 1. The molecule has 3 heterocycles. The highest BCUT2D eigenvalue weighted by Crippen LogP contribution is 2.42. The van der Waals surface area contributed by atoms with E-state index in [1.807, 2.05) is 0 Å². The summed E-state index contributed by atoms with van der Waals surface area (Å²) >= 11 is 0. The predicted molar refractivity (Wildman–Crippen MR) is 116 cm³/mol. The molecule has 0 unspecified atom stereocenters. The molecule has 4 rings (SSSR count). The zero-order valence-electron chi connectivity index (χ0n) is 19.6. The number of anilines is 1. The van der Waals surface area contributed by atoms with Crippen LogP contribution in [0, 0.1) is 0 Å². The number of nitrogens with zero attached hydrogens (tertiary/aromatic N) is 1. The molecular weight excluding hydrogens is 474 g/mol. The summed E-state index contributed by atoms with van der Waals surface area (Å²) in [7, 11) is -0.939. The first kappa shape index (κ1) is 24.9. The lowest BCUT2D eigenvalue weighted by atomic mass is 10.0. The maximum atomic E-state index is 12.8. The fourth-order valence-electron chi connectivity index (χ4n) is 4.07. The van der Waals surface area contributed by atoms with Crippen LogP contribution in [0.25, 0.3) is 0 Å².